The largest absolute Gasteiger partial charge is 0.325 e. The van der Waals surface area contributed by atoms with Crippen LogP contribution in [0.15, 0.2) is 24.3 Å². The van der Waals surface area contributed by atoms with Crippen molar-refractivity contribution in [3.05, 3.63) is 29.8 Å². The Morgan fingerprint density at radius 3 is 2.65 bits per heavy atom. The second-order valence-electron chi connectivity index (χ2n) is 6.40. The highest BCUT2D eigenvalue weighted by Crippen LogP contribution is 2.20. The second kappa shape index (κ2) is 9.91. The first kappa shape index (κ1) is 19.9. The topological polar surface area (TPSA) is 58.4 Å². The number of nitrogens with one attached hydrogen (secondary N) is 1. The molecule has 0 aromatic heterocycles. The molecule has 1 aliphatic rings. The van der Waals surface area contributed by atoms with Gasteiger partial charge in [0.15, 0.2) is 0 Å². The molecular weight excluding hydrogens is 310 g/mol. The van der Waals surface area contributed by atoms with Crippen molar-refractivity contribution in [1.29, 1.82) is 0 Å². The van der Waals surface area contributed by atoms with Gasteiger partial charge in [0.2, 0.25) is 5.91 Å². The summed E-state index contributed by atoms with van der Waals surface area (Å²) in [5.74, 6) is -0.0979. The predicted molar refractivity (Wildman–Crippen MR) is 98.9 cm³/mol. The van der Waals surface area contributed by atoms with E-state index in [-0.39, 0.29) is 18.3 Å². The highest BCUT2D eigenvalue weighted by molar-refractivity contribution is 5.94. The van der Waals surface area contributed by atoms with Gasteiger partial charge in [-0.05, 0) is 50.4 Å². The van der Waals surface area contributed by atoms with Gasteiger partial charge in [-0.2, -0.15) is 0 Å². The number of nitrogens with zero attached hydrogens (tertiary/aromatic N) is 1. The van der Waals surface area contributed by atoms with Crippen LogP contribution in [0, 0.1) is 0 Å². The van der Waals surface area contributed by atoms with Crippen molar-refractivity contribution < 1.29 is 4.79 Å². The number of benzene rings is 1. The van der Waals surface area contributed by atoms with E-state index in [0.717, 1.165) is 25.1 Å². The molecule has 1 saturated heterocycles. The molecule has 1 fully saturated rings. The number of anilines is 1. The SMILES string of the molecule is CCCC(N)C(=O)Nc1ccc(CN2CCCCC2C)cc1.Cl. The van der Waals surface area contributed by atoms with Crippen molar-refractivity contribution in [2.45, 2.75) is 64.6 Å². The van der Waals surface area contributed by atoms with Crippen LogP contribution in [-0.2, 0) is 11.3 Å². The maximum absolute atomic E-state index is 11.9. The summed E-state index contributed by atoms with van der Waals surface area (Å²) in [7, 11) is 0. The predicted octanol–water partition coefficient (Wildman–Crippen LogP) is 3.55. The molecule has 0 radical (unpaired) electrons. The molecule has 23 heavy (non-hydrogen) atoms. The number of hydrogen-bond donors (Lipinski definition) is 2. The van der Waals surface area contributed by atoms with E-state index in [1.165, 1.54) is 31.4 Å². The molecule has 2 unspecified atom stereocenters. The molecule has 1 amide bonds. The van der Waals surface area contributed by atoms with E-state index in [1.54, 1.807) is 0 Å². The fourth-order valence-electron chi connectivity index (χ4n) is 3.00. The zero-order valence-corrected chi connectivity index (χ0v) is 15.1. The van der Waals surface area contributed by atoms with E-state index in [0.29, 0.717) is 6.04 Å². The third kappa shape index (κ3) is 6.13. The molecule has 0 aliphatic carbocycles. The van der Waals surface area contributed by atoms with E-state index < -0.39 is 6.04 Å². The van der Waals surface area contributed by atoms with Gasteiger partial charge in [0.25, 0.3) is 0 Å². The van der Waals surface area contributed by atoms with E-state index in [4.69, 9.17) is 5.73 Å². The maximum Gasteiger partial charge on any atom is 0.241 e. The quantitative estimate of drug-likeness (QED) is 0.833. The third-order valence-electron chi connectivity index (χ3n) is 4.48. The summed E-state index contributed by atoms with van der Waals surface area (Å²) in [4.78, 5) is 14.4. The molecular formula is C18H30ClN3O. The van der Waals surface area contributed by atoms with E-state index in [1.807, 2.05) is 19.1 Å². The average molecular weight is 340 g/mol. The van der Waals surface area contributed by atoms with Crippen molar-refractivity contribution >= 4 is 24.0 Å². The van der Waals surface area contributed by atoms with Crippen molar-refractivity contribution in [1.82, 2.24) is 4.90 Å². The van der Waals surface area contributed by atoms with Gasteiger partial charge < -0.3 is 11.1 Å². The summed E-state index contributed by atoms with van der Waals surface area (Å²) in [5.41, 5.74) is 7.95. The van der Waals surface area contributed by atoms with Crippen LogP contribution in [0.4, 0.5) is 5.69 Å². The molecule has 1 aliphatic heterocycles. The lowest BCUT2D eigenvalue weighted by Crippen LogP contribution is -2.36. The minimum atomic E-state index is -0.418. The molecule has 0 bridgehead atoms. The number of carbonyl (C=O) groups excluding carboxylic acids is 1. The van der Waals surface area contributed by atoms with Gasteiger partial charge in [-0.1, -0.05) is 31.9 Å². The second-order valence-corrected chi connectivity index (χ2v) is 6.40. The van der Waals surface area contributed by atoms with Gasteiger partial charge in [-0.3, -0.25) is 9.69 Å². The molecule has 1 heterocycles. The molecule has 3 N–H and O–H groups in total. The first-order chi connectivity index (χ1) is 10.6. The van der Waals surface area contributed by atoms with E-state index in [2.05, 4.69) is 29.3 Å². The van der Waals surface area contributed by atoms with Crippen LogP contribution < -0.4 is 11.1 Å². The summed E-state index contributed by atoms with van der Waals surface area (Å²) in [6, 6.07) is 8.39. The fraction of sp³-hybridized carbons (Fsp3) is 0.611. The third-order valence-corrected chi connectivity index (χ3v) is 4.48. The van der Waals surface area contributed by atoms with E-state index >= 15 is 0 Å². The zero-order valence-electron chi connectivity index (χ0n) is 14.3. The normalized spacial score (nSPS) is 19.7. The number of hydrogen-bond acceptors (Lipinski definition) is 3. The van der Waals surface area contributed by atoms with Gasteiger partial charge >= 0.3 is 0 Å². The van der Waals surface area contributed by atoms with Gasteiger partial charge in [0, 0.05) is 18.3 Å². The zero-order chi connectivity index (χ0) is 15.9. The van der Waals surface area contributed by atoms with Crippen LogP contribution in [0.25, 0.3) is 0 Å². The lowest BCUT2D eigenvalue weighted by atomic mass is 10.0. The van der Waals surface area contributed by atoms with Crippen LogP contribution in [0.1, 0.15) is 51.5 Å². The Balaban J connectivity index is 0.00000264. The molecule has 1 aromatic carbocycles. The van der Waals surface area contributed by atoms with Crippen molar-refractivity contribution in [2.75, 3.05) is 11.9 Å². The van der Waals surface area contributed by atoms with Crippen LogP contribution in [0.2, 0.25) is 0 Å². The number of halogens is 1. The highest BCUT2D eigenvalue weighted by Gasteiger charge is 2.18. The molecule has 0 saturated carbocycles. The van der Waals surface area contributed by atoms with Crippen molar-refractivity contribution in [2.24, 2.45) is 5.73 Å². The van der Waals surface area contributed by atoms with Gasteiger partial charge in [-0.25, -0.2) is 0 Å². The minimum absolute atomic E-state index is 0. The number of amides is 1. The fourth-order valence-corrected chi connectivity index (χ4v) is 3.00. The highest BCUT2D eigenvalue weighted by atomic mass is 35.5. The molecule has 4 nitrogen and oxygen atoms in total. The van der Waals surface area contributed by atoms with Gasteiger partial charge in [0.1, 0.15) is 0 Å². The Hall–Kier alpha value is -1.10. The maximum atomic E-state index is 11.9. The lowest BCUT2D eigenvalue weighted by Gasteiger charge is -2.33. The van der Waals surface area contributed by atoms with Crippen LogP contribution >= 0.6 is 12.4 Å². The molecule has 0 spiro atoms. The molecule has 130 valence electrons. The summed E-state index contributed by atoms with van der Waals surface area (Å²) in [6.45, 7) is 6.52. The molecule has 2 rings (SSSR count). The Morgan fingerprint density at radius 1 is 1.35 bits per heavy atom. The Labute approximate surface area is 146 Å². The minimum Gasteiger partial charge on any atom is -0.325 e. The number of nitrogens with two attached hydrogens (primary N) is 1. The summed E-state index contributed by atoms with van der Waals surface area (Å²) < 4.78 is 0. The van der Waals surface area contributed by atoms with Gasteiger partial charge in [-0.15, -0.1) is 12.4 Å². The first-order valence-electron chi connectivity index (χ1n) is 8.49. The van der Waals surface area contributed by atoms with E-state index in [9.17, 15) is 4.79 Å². The van der Waals surface area contributed by atoms with Crippen molar-refractivity contribution in [3.63, 3.8) is 0 Å². The molecule has 1 aromatic rings. The van der Waals surface area contributed by atoms with Crippen molar-refractivity contribution in [3.8, 4) is 0 Å². The van der Waals surface area contributed by atoms with Gasteiger partial charge in [0.05, 0.1) is 6.04 Å². The average Bonchev–Trinajstić information content (AvgIpc) is 2.51. The standard InChI is InChI=1S/C18H29N3O.ClH/c1-3-6-17(19)18(22)20-16-10-8-15(9-11-16)13-21-12-5-4-7-14(21)2;/h8-11,14,17H,3-7,12-13,19H2,1-2H3,(H,20,22);1H. The smallest absolute Gasteiger partial charge is 0.241 e. The monoisotopic (exact) mass is 339 g/mol. The summed E-state index contributed by atoms with van der Waals surface area (Å²) >= 11 is 0. The summed E-state index contributed by atoms with van der Waals surface area (Å²) in [6.07, 6.45) is 5.58. The molecule has 5 heteroatoms. The number of rotatable bonds is 6. The van der Waals surface area contributed by atoms with Crippen LogP contribution in [0.5, 0.6) is 0 Å². The summed E-state index contributed by atoms with van der Waals surface area (Å²) in [5, 5.41) is 2.89. The van der Waals surface area contributed by atoms with Crippen LogP contribution in [0.3, 0.4) is 0 Å². The Morgan fingerprint density at radius 2 is 2.04 bits per heavy atom. The Kier molecular flexibility index (Phi) is 8.59. The number of likely N-dealkylation sites (tertiary alicyclic amines) is 1. The first-order valence-corrected chi connectivity index (χ1v) is 8.49. The van der Waals surface area contributed by atoms with Crippen LogP contribution in [-0.4, -0.2) is 29.4 Å². The molecule has 2 atom stereocenters. The Bertz CT molecular complexity index is 478. The number of piperidine rings is 1. The lowest BCUT2D eigenvalue weighted by molar-refractivity contribution is -0.117. The number of carbonyl (C=O) groups is 1.